The third-order valence-corrected chi connectivity index (χ3v) is 3.92. The van der Waals surface area contributed by atoms with Gasteiger partial charge in [0.05, 0.1) is 0 Å². The van der Waals surface area contributed by atoms with Gasteiger partial charge >= 0.3 is 66.2 Å². The van der Waals surface area contributed by atoms with E-state index in [0.717, 1.165) is 0 Å². The first-order chi connectivity index (χ1) is 26.8. The van der Waals surface area contributed by atoms with Gasteiger partial charge in [0.15, 0.2) is 0 Å². The van der Waals surface area contributed by atoms with Gasteiger partial charge in [-0.15, -0.1) is 34.8 Å². The van der Waals surface area contributed by atoms with E-state index in [0.29, 0.717) is 5.46 Å². The molecule has 16 heteroatoms. The van der Waals surface area contributed by atoms with Crippen LogP contribution in [0.3, 0.4) is 0 Å². The fourth-order valence-electron chi connectivity index (χ4n) is 2.23. The van der Waals surface area contributed by atoms with Crippen molar-refractivity contribution in [3.05, 3.63) is 151 Å². The van der Waals surface area contributed by atoms with E-state index in [-0.39, 0.29) is 77.5 Å². The molecule has 0 amide bonds. The third-order valence-electron chi connectivity index (χ3n) is 3.92. The Kier molecular flexibility index (Phi) is 193. The van der Waals surface area contributed by atoms with Crippen LogP contribution in [0.2, 0.25) is 0 Å². The zero-order valence-electron chi connectivity index (χ0n) is 42.3. The van der Waals surface area contributed by atoms with E-state index in [1.807, 2.05) is 127 Å². The summed E-state index contributed by atoms with van der Waals surface area (Å²) in [5, 5.41) is 22.7. The number of nitrogens with one attached hydrogen (secondary N) is 2. The van der Waals surface area contributed by atoms with Crippen LogP contribution in [0.1, 0.15) is 37.5 Å². The maximum absolute atomic E-state index is 8.58. The number of nitrogens with two attached hydrogens (primary N) is 1. The number of hydrogen-bond donors (Lipinski definition) is 5. The van der Waals surface area contributed by atoms with E-state index in [4.69, 9.17) is 10.0 Å². The van der Waals surface area contributed by atoms with Gasteiger partial charge in [-0.2, -0.15) is 20.8 Å². The predicted molar refractivity (Wildman–Crippen MR) is 285 cm³/mol. The number of alkyl halides is 5. The SMILES string of the molecule is CBr.CBr.CCl.CCl.CCl.CN.CN(C)C.CNC.CNC.C[C-](C)C.Cc1ccccc1.Cc1ccccc1.Cc1ccccc1.OB(O)c1ccccc1.[CH3-].[Na+].[Na+].[OH-].[OH-]. The van der Waals surface area contributed by atoms with Crippen LogP contribution in [0.5, 0.6) is 0 Å². The molecular formula is C45H88BBr2Cl3N4Na2O4-2. The summed E-state index contributed by atoms with van der Waals surface area (Å²) in [6.07, 6.45) is 4.42. The van der Waals surface area contributed by atoms with E-state index in [1.165, 1.54) is 48.8 Å². The molecule has 0 aliphatic carbocycles. The van der Waals surface area contributed by atoms with Crippen molar-refractivity contribution in [1.29, 1.82) is 0 Å². The van der Waals surface area contributed by atoms with Crippen molar-refractivity contribution in [2.75, 3.05) is 87.2 Å². The van der Waals surface area contributed by atoms with Gasteiger partial charge in [-0.3, -0.25) is 0 Å². The van der Waals surface area contributed by atoms with Crippen molar-refractivity contribution in [1.82, 2.24) is 15.5 Å². The fraction of sp³-hybridized carbons (Fsp3) is 0.422. The average molecular weight is 1070 g/mol. The second kappa shape index (κ2) is 113. The van der Waals surface area contributed by atoms with Crippen molar-refractivity contribution in [3.63, 3.8) is 0 Å². The summed E-state index contributed by atoms with van der Waals surface area (Å²) in [6, 6.07) is 39.4. The summed E-state index contributed by atoms with van der Waals surface area (Å²) in [4.78, 5) is 2.00. The van der Waals surface area contributed by atoms with Crippen LogP contribution >= 0.6 is 66.7 Å². The Labute approximate surface area is 455 Å². The molecule has 0 aromatic heterocycles. The second-order valence-electron chi connectivity index (χ2n) is 10.6. The molecule has 4 aromatic rings. The number of hydrogen-bond acceptors (Lipinski definition) is 8. The summed E-state index contributed by atoms with van der Waals surface area (Å²) in [5.41, 5.74) is 8.99. The Balaban J connectivity index is -0.0000000296. The molecule has 0 aliphatic rings. The monoisotopic (exact) mass is 1070 g/mol. The second-order valence-corrected chi connectivity index (χ2v) is 10.6. The molecule has 0 saturated carbocycles. The number of rotatable bonds is 1. The molecule has 0 radical (unpaired) electrons. The van der Waals surface area contributed by atoms with Crippen molar-refractivity contribution in [3.8, 4) is 0 Å². The van der Waals surface area contributed by atoms with Gasteiger partial charge < -0.3 is 55.6 Å². The molecule has 0 aliphatic heterocycles. The summed E-state index contributed by atoms with van der Waals surface area (Å²) in [7, 11) is 13.7. The van der Waals surface area contributed by atoms with Crippen LogP contribution in [-0.2, 0) is 0 Å². The first-order valence-corrected chi connectivity index (χ1v) is 22.7. The summed E-state index contributed by atoms with van der Waals surface area (Å²) >= 11 is 19.8. The fourth-order valence-corrected chi connectivity index (χ4v) is 2.23. The van der Waals surface area contributed by atoms with E-state index in [9.17, 15) is 0 Å². The molecule has 0 saturated heterocycles. The molecule has 0 spiro atoms. The summed E-state index contributed by atoms with van der Waals surface area (Å²) < 4.78 is 0. The zero-order valence-corrected chi connectivity index (χ0v) is 51.8. The van der Waals surface area contributed by atoms with E-state index >= 15 is 0 Å². The molecule has 61 heavy (non-hydrogen) atoms. The van der Waals surface area contributed by atoms with Gasteiger partial charge in [0.25, 0.3) is 0 Å². The number of halogens is 5. The molecule has 0 heterocycles. The largest absolute Gasteiger partial charge is 1.00 e. The van der Waals surface area contributed by atoms with Crippen LogP contribution in [-0.4, -0.2) is 120 Å². The van der Waals surface area contributed by atoms with Gasteiger partial charge in [-0.05, 0) is 94.3 Å². The quantitative estimate of drug-likeness (QED) is 0.101. The first kappa shape index (κ1) is 104. The maximum Gasteiger partial charge on any atom is 1.00 e. The number of nitrogens with zero attached hydrogens (tertiary/aromatic N) is 1. The standard InChI is InChI=1S/3C7H8.C6H7BO2.C4H9.C3H9N.2C2H7N.2CH3Br.3CH3Cl.CH5N.CH3.2Na.2H2O/c3*1-7-5-3-2-4-6-7;8-7(9)6-4-2-1-3-5-6;2*1-4(2)3;2*1-3-2;6*1-2;;;;;/h3*2-6H,1H3;1-5,8-9H;2*1-3H3;2*3H,1-2H3;5*1H3;2H2,1H3;1H3;;;2*1H2/q;;;;-1;;;;;;;;;;-1;2*+1;;/p-2. The molecule has 0 atom stereocenters. The molecule has 0 unspecified atom stereocenters. The Morgan fingerprint density at radius 3 is 0.672 bits per heavy atom. The molecule has 8 nitrogen and oxygen atoms in total. The molecular weight excluding hydrogens is 983 g/mol. The molecule has 354 valence electrons. The van der Waals surface area contributed by atoms with Crippen molar-refractivity contribution < 1.29 is 80.1 Å². The molecule has 8 N–H and O–H groups in total. The molecule has 0 fully saturated rings. The number of aryl methyl sites for hydroxylation is 3. The van der Waals surface area contributed by atoms with Crippen molar-refractivity contribution in [2.24, 2.45) is 5.73 Å². The van der Waals surface area contributed by atoms with E-state index < -0.39 is 7.12 Å². The van der Waals surface area contributed by atoms with Gasteiger partial charge in [0.2, 0.25) is 0 Å². The van der Waals surface area contributed by atoms with Crippen LogP contribution in [0, 0.1) is 34.1 Å². The Hall–Kier alpha value is 0.455. The van der Waals surface area contributed by atoms with Crippen LogP contribution in [0.15, 0.2) is 121 Å². The minimum absolute atomic E-state index is 0. The smallest absolute Gasteiger partial charge is 0.870 e. The van der Waals surface area contributed by atoms with Crippen molar-refractivity contribution in [2.45, 2.75) is 41.5 Å². The normalized spacial score (nSPS) is 6.70. The van der Waals surface area contributed by atoms with Crippen molar-refractivity contribution >= 4 is 79.2 Å². The van der Waals surface area contributed by atoms with Gasteiger partial charge in [0, 0.05) is 19.1 Å². The molecule has 0 bridgehead atoms. The van der Waals surface area contributed by atoms with Gasteiger partial charge in [-0.1, -0.05) is 170 Å². The zero-order chi connectivity index (χ0) is 46.6. The molecule has 4 aromatic carbocycles. The van der Waals surface area contributed by atoms with Gasteiger partial charge in [0.1, 0.15) is 0 Å². The van der Waals surface area contributed by atoms with Gasteiger partial charge in [-0.25, -0.2) is 0 Å². The summed E-state index contributed by atoms with van der Waals surface area (Å²) in [6.45, 7) is 12.5. The third kappa shape index (κ3) is 155. The van der Waals surface area contributed by atoms with E-state index in [1.54, 1.807) is 24.3 Å². The van der Waals surface area contributed by atoms with Crippen LogP contribution in [0.4, 0.5) is 0 Å². The topological polar surface area (TPSA) is 154 Å². The predicted octanol–water partition coefficient (Wildman–Crippen LogP) is 5.09. The first-order valence-electron chi connectivity index (χ1n) is 17.3. The summed E-state index contributed by atoms with van der Waals surface area (Å²) in [5.74, 6) is 5.04. The Morgan fingerprint density at radius 1 is 0.492 bits per heavy atom. The average Bonchev–Trinajstić information content (AvgIpc) is 3.22. The van der Waals surface area contributed by atoms with E-state index in [2.05, 4.69) is 161 Å². The molecule has 4 rings (SSSR count). The minimum atomic E-state index is -1.34. The van der Waals surface area contributed by atoms with Crippen LogP contribution in [0.25, 0.3) is 0 Å². The maximum atomic E-state index is 8.58. The Bertz CT molecular complexity index is 972. The Morgan fingerprint density at radius 2 is 0.607 bits per heavy atom. The van der Waals surface area contributed by atoms with Crippen LogP contribution < -0.4 is 80.9 Å². The minimum Gasteiger partial charge on any atom is -0.870 e. The number of benzene rings is 4.